The lowest BCUT2D eigenvalue weighted by Crippen LogP contribution is -2.39. The number of nitrogens with zero attached hydrogens (tertiary/aromatic N) is 3. The predicted octanol–water partition coefficient (Wildman–Crippen LogP) is 3.24. The first-order valence-electron chi connectivity index (χ1n) is 7.45. The van der Waals surface area contributed by atoms with Crippen LogP contribution in [0.1, 0.15) is 52.5 Å². The van der Waals surface area contributed by atoms with Gasteiger partial charge in [-0.2, -0.15) is 0 Å². The molecular weight excluding hydrogens is 236 g/mol. The maximum Gasteiger partial charge on any atom is 0.137 e. The van der Waals surface area contributed by atoms with Crippen molar-refractivity contribution in [3.63, 3.8) is 0 Å². The average molecular weight is 262 g/mol. The second-order valence-corrected chi connectivity index (χ2v) is 5.87. The third-order valence-electron chi connectivity index (χ3n) is 3.92. The lowest BCUT2D eigenvalue weighted by molar-refractivity contribution is 0.512. The summed E-state index contributed by atoms with van der Waals surface area (Å²) in [6.07, 6.45) is 6.33. The lowest BCUT2D eigenvalue weighted by atomic mass is 10.0. The molecular formula is C15H26N4. The van der Waals surface area contributed by atoms with Gasteiger partial charge in [-0.15, -0.1) is 0 Å². The van der Waals surface area contributed by atoms with E-state index in [4.69, 9.17) is 0 Å². The second kappa shape index (κ2) is 5.76. The molecule has 0 aliphatic carbocycles. The number of anilines is 2. The van der Waals surface area contributed by atoms with Gasteiger partial charge in [0.25, 0.3) is 0 Å². The molecule has 0 aromatic carbocycles. The van der Waals surface area contributed by atoms with Gasteiger partial charge in [0.15, 0.2) is 0 Å². The van der Waals surface area contributed by atoms with Crippen LogP contribution in [0.2, 0.25) is 0 Å². The van der Waals surface area contributed by atoms with E-state index in [2.05, 4.69) is 47.9 Å². The highest BCUT2D eigenvalue weighted by Gasteiger charge is 2.34. The third kappa shape index (κ3) is 2.82. The summed E-state index contributed by atoms with van der Waals surface area (Å²) in [5.41, 5.74) is 1.49. The monoisotopic (exact) mass is 262 g/mol. The molecule has 1 N–H and O–H groups in total. The van der Waals surface area contributed by atoms with Crippen molar-refractivity contribution < 1.29 is 0 Å². The van der Waals surface area contributed by atoms with Crippen LogP contribution in [0.3, 0.4) is 0 Å². The highest BCUT2D eigenvalue weighted by Crippen LogP contribution is 2.36. The molecule has 1 aliphatic rings. The smallest absolute Gasteiger partial charge is 0.137 e. The summed E-state index contributed by atoms with van der Waals surface area (Å²) in [6.45, 7) is 10.9. The van der Waals surface area contributed by atoms with Gasteiger partial charge >= 0.3 is 0 Å². The van der Waals surface area contributed by atoms with Gasteiger partial charge in [-0.3, -0.25) is 0 Å². The lowest BCUT2D eigenvalue weighted by Gasteiger charge is -2.34. The molecule has 0 atom stereocenters. The fourth-order valence-corrected chi connectivity index (χ4v) is 2.94. The van der Waals surface area contributed by atoms with E-state index in [1.165, 1.54) is 18.4 Å². The largest absolute Gasteiger partial charge is 0.370 e. The summed E-state index contributed by atoms with van der Waals surface area (Å²) < 4.78 is 0. The standard InChI is InChI=1S/C15H26N4/c1-5-8-12-13(16-6-2)17-11-18-14(12)19-10-7-9-15(19,3)4/h11H,5-10H2,1-4H3,(H,16,17,18). The van der Waals surface area contributed by atoms with Crippen molar-refractivity contribution in [2.75, 3.05) is 23.3 Å². The molecule has 2 heterocycles. The van der Waals surface area contributed by atoms with Crippen LogP contribution in [-0.2, 0) is 6.42 Å². The summed E-state index contributed by atoms with van der Waals surface area (Å²) in [5.74, 6) is 2.15. The Labute approximate surface area is 116 Å². The molecule has 2 rings (SSSR count). The fraction of sp³-hybridized carbons (Fsp3) is 0.733. The Morgan fingerprint density at radius 3 is 2.68 bits per heavy atom. The van der Waals surface area contributed by atoms with Gasteiger partial charge in [-0.05, 0) is 40.0 Å². The Hall–Kier alpha value is -1.32. The Kier molecular flexibility index (Phi) is 4.27. The van der Waals surface area contributed by atoms with Crippen LogP contribution >= 0.6 is 0 Å². The first-order chi connectivity index (χ1) is 9.10. The number of rotatable bonds is 5. The van der Waals surface area contributed by atoms with Crippen LogP contribution in [0.4, 0.5) is 11.6 Å². The van der Waals surface area contributed by atoms with Crippen LogP contribution in [0.15, 0.2) is 6.33 Å². The minimum Gasteiger partial charge on any atom is -0.370 e. The molecule has 0 unspecified atom stereocenters. The second-order valence-electron chi connectivity index (χ2n) is 5.87. The summed E-state index contributed by atoms with van der Waals surface area (Å²) in [5, 5.41) is 3.37. The van der Waals surface area contributed by atoms with E-state index in [0.29, 0.717) is 0 Å². The fourth-order valence-electron chi connectivity index (χ4n) is 2.94. The SMILES string of the molecule is CCCc1c(NCC)ncnc1N1CCCC1(C)C. The molecule has 0 bridgehead atoms. The Balaban J connectivity index is 2.41. The third-order valence-corrected chi connectivity index (χ3v) is 3.92. The van der Waals surface area contributed by atoms with E-state index < -0.39 is 0 Å². The van der Waals surface area contributed by atoms with E-state index in [1.807, 2.05) is 0 Å². The van der Waals surface area contributed by atoms with Gasteiger partial charge < -0.3 is 10.2 Å². The molecule has 1 fully saturated rings. The normalized spacial score (nSPS) is 17.8. The molecule has 19 heavy (non-hydrogen) atoms. The molecule has 1 saturated heterocycles. The van der Waals surface area contributed by atoms with Crippen molar-refractivity contribution in [1.29, 1.82) is 0 Å². The van der Waals surface area contributed by atoms with E-state index in [-0.39, 0.29) is 5.54 Å². The molecule has 4 nitrogen and oxygen atoms in total. The average Bonchev–Trinajstić information content (AvgIpc) is 2.72. The zero-order chi connectivity index (χ0) is 13.9. The van der Waals surface area contributed by atoms with Crippen molar-refractivity contribution in [2.24, 2.45) is 0 Å². The molecule has 1 aromatic heterocycles. The molecule has 106 valence electrons. The minimum absolute atomic E-state index is 0.209. The number of hydrogen-bond donors (Lipinski definition) is 1. The molecule has 0 radical (unpaired) electrons. The summed E-state index contributed by atoms with van der Waals surface area (Å²) >= 11 is 0. The van der Waals surface area contributed by atoms with Gasteiger partial charge in [-0.25, -0.2) is 9.97 Å². The molecule has 0 saturated carbocycles. The van der Waals surface area contributed by atoms with Crippen molar-refractivity contribution in [1.82, 2.24) is 9.97 Å². The van der Waals surface area contributed by atoms with Crippen LogP contribution in [0.5, 0.6) is 0 Å². The van der Waals surface area contributed by atoms with E-state index >= 15 is 0 Å². The topological polar surface area (TPSA) is 41.1 Å². The molecule has 1 aromatic rings. The maximum atomic E-state index is 4.59. The first-order valence-corrected chi connectivity index (χ1v) is 7.45. The van der Waals surface area contributed by atoms with Gasteiger partial charge in [0.2, 0.25) is 0 Å². The summed E-state index contributed by atoms with van der Waals surface area (Å²) in [7, 11) is 0. The zero-order valence-corrected chi connectivity index (χ0v) is 12.7. The number of nitrogens with one attached hydrogen (secondary N) is 1. The van der Waals surface area contributed by atoms with Gasteiger partial charge in [0, 0.05) is 24.2 Å². The molecule has 0 amide bonds. The van der Waals surface area contributed by atoms with Crippen molar-refractivity contribution in [3.8, 4) is 0 Å². The minimum atomic E-state index is 0.209. The Bertz CT molecular complexity index is 428. The maximum absolute atomic E-state index is 4.59. The van der Waals surface area contributed by atoms with Gasteiger partial charge in [0.1, 0.15) is 18.0 Å². The van der Waals surface area contributed by atoms with Gasteiger partial charge in [-0.1, -0.05) is 13.3 Å². The van der Waals surface area contributed by atoms with Crippen LogP contribution in [0.25, 0.3) is 0 Å². The Morgan fingerprint density at radius 1 is 1.32 bits per heavy atom. The Morgan fingerprint density at radius 2 is 2.11 bits per heavy atom. The predicted molar refractivity (Wildman–Crippen MR) is 80.8 cm³/mol. The number of hydrogen-bond acceptors (Lipinski definition) is 4. The molecule has 0 spiro atoms. The summed E-state index contributed by atoms with van der Waals surface area (Å²) in [4.78, 5) is 11.5. The highest BCUT2D eigenvalue weighted by molar-refractivity contribution is 5.60. The summed E-state index contributed by atoms with van der Waals surface area (Å²) in [6, 6.07) is 0. The van der Waals surface area contributed by atoms with Crippen molar-refractivity contribution in [2.45, 2.75) is 58.9 Å². The quantitative estimate of drug-likeness (QED) is 0.884. The van der Waals surface area contributed by atoms with Crippen molar-refractivity contribution in [3.05, 3.63) is 11.9 Å². The number of aromatic nitrogens is 2. The van der Waals surface area contributed by atoms with E-state index in [1.54, 1.807) is 6.33 Å². The van der Waals surface area contributed by atoms with E-state index in [9.17, 15) is 0 Å². The van der Waals surface area contributed by atoms with E-state index in [0.717, 1.165) is 37.6 Å². The molecule has 1 aliphatic heterocycles. The first kappa shape index (κ1) is 14.1. The van der Waals surface area contributed by atoms with Crippen LogP contribution in [-0.4, -0.2) is 28.6 Å². The molecule has 4 heteroatoms. The van der Waals surface area contributed by atoms with Crippen LogP contribution < -0.4 is 10.2 Å². The zero-order valence-electron chi connectivity index (χ0n) is 12.7. The highest BCUT2D eigenvalue weighted by atomic mass is 15.3. The van der Waals surface area contributed by atoms with Gasteiger partial charge in [0.05, 0.1) is 0 Å². The van der Waals surface area contributed by atoms with Crippen LogP contribution in [0, 0.1) is 0 Å². The van der Waals surface area contributed by atoms with Crippen molar-refractivity contribution >= 4 is 11.6 Å².